The fraction of sp³-hybridized carbons (Fsp3) is 0.647. The molecule has 2 atom stereocenters. The lowest BCUT2D eigenvalue weighted by Gasteiger charge is -2.27. The van der Waals surface area contributed by atoms with Crippen molar-refractivity contribution in [1.29, 1.82) is 0 Å². The van der Waals surface area contributed by atoms with Gasteiger partial charge in [-0.15, -0.1) is 0 Å². The highest BCUT2D eigenvalue weighted by molar-refractivity contribution is 5.31. The van der Waals surface area contributed by atoms with Gasteiger partial charge in [-0.25, -0.2) is 0 Å². The number of rotatable bonds is 5. The van der Waals surface area contributed by atoms with E-state index in [1.165, 1.54) is 37.9 Å². The molecule has 1 aromatic rings. The number of aryl methyl sites for hydroxylation is 1. The van der Waals surface area contributed by atoms with E-state index >= 15 is 0 Å². The minimum absolute atomic E-state index is 0.613. The highest BCUT2D eigenvalue weighted by Crippen LogP contribution is 2.37. The number of likely N-dealkylation sites (tertiary alicyclic amines) is 1. The molecular weight excluding hydrogens is 232 g/mol. The molecule has 1 N–H and O–H groups in total. The lowest BCUT2D eigenvalue weighted by atomic mass is 9.89. The Morgan fingerprint density at radius 3 is 2.74 bits per heavy atom. The number of nitrogens with one attached hydrogen (secondary N) is 1. The number of hydrogen-bond donors (Lipinski definition) is 1. The molecule has 2 fully saturated rings. The van der Waals surface area contributed by atoms with Gasteiger partial charge >= 0.3 is 0 Å². The Balaban J connectivity index is 1.77. The van der Waals surface area contributed by atoms with E-state index in [-0.39, 0.29) is 0 Å². The Hall–Kier alpha value is -0.860. The predicted octanol–water partition coefficient (Wildman–Crippen LogP) is 2.99. The molecule has 19 heavy (non-hydrogen) atoms. The Kier molecular flexibility index (Phi) is 3.90. The fourth-order valence-corrected chi connectivity index (χ4v) is 3.48. The average Bonchev–Trinajstić information content (AvgIpc) is 3.20. The highest BCUT2D eigenvalue weighted by atomic mass is 15.2. The van der Waals surface area contributed by atoms with Gasteiger partial charge in [0.05, 0.1) is 0 Å². The van der Waals surface area contributed by atoms with Gasteiger partial charge in [-0.05, 0) is 56.3 Å². The summed E-state index contributed by atoms with van der Waals surface area (Å²) in [6, 6.07) is 10.5. The van der Waals surface area contributed by atoms with Crippen molar-refractivity contribution >= 4 is 0 Å². The van der Waals surface area contributed by atoms with Crippen molar-refractivity contribution in [3.05, 3.63) is 35.4 Å². The molecule has 1 aliphatic heterocycles. The summed E-state index contributed by atoms with van der Waals surface area (Å²) in [5.41, 5.74) is 3.09. The van der Waals surface area contributed by atoms with E-state index in [1.54, 1.807) is 5.56 Å². The SMILES string of the molecule is CCc1ccccc1C1C(CNC2CC2)CCN1C. The van der Waals surface area contributed by atoms with E-state index in [1.807, 2.05) is 0 Å². The first-order valence-electron chi connectivity index (χ1n) is 7.81. The van der Waals surface area contributed by atoms with E-state index in [9.17, 15) is 0 Å². The van der Waals surface area contributed by atoms with Crippen LogP contribution in [0.1, 0.15) is 43.4 Å². The van der Waals surface area contributed by atoms with Crippen LogP contribution in [0.4, 0.5) is 0 Å². The molecule has 1 aliphatic carbocycles. The van der Waals surface area contributed by atoms with Crippen molar-refractivity contribution in [1.82, 2.24) is 10.2 Å². The number of benzene rings is 1. The third-order valence-electron chi connectivity index (χ3n) is 4.77. The van der Waals surface area contributed by atoms with Crippen LogP contribution in [0.15, 0.2) is 24.3 Å². The second-order valence-electron chi connectivity index (χ2n) is 6.21. The summed E-state index contributed by atoms with van der Waals surface area (Å²) in [6.45, 7) is 4.70. The molecule has 2 unspecified atom stereocenters. The lowest BCUT2D eigenvalue weighted by molar-refractivity contribution is 0.270. The molecule has 0 bridgehead atoms. The van der Waals surface area contributed by atoms with Gasteiger partial charge < -0.3 is 5.32 Å². The fourth-order valence-electron chi connectivity index (χ4n) is 3.48. The van der Waals surface area contributed by atoms with E-state index in [2.05, 4.69) is 48.5 Å². The van der Waals surface area contributed by atoms with Gasteiger partial charge in [-0.1, -0.05) is 31.2 Å². The molecule has 0 amide bonds. The van der Waals surface area contributed by atoms with Crippen molar-refractivity contribution in [2.75, 3.05) is 20.1 Å². The normalized spacial score (nSPS) is 27.9. The van der Waals surface area contributed by atoms with Gasteiger partial charge in [0.25, 0.3) is 0 Å². The molecule has 0 aromatic heterocycles. The second-order valence-corrected chi connectivity index (χ2v) is 6.21. The number of hydrogen-bond acceptors (Lipinski definition) is 2. The molecular formula is C17H26N2. The van der Waals surface area contributed by atoms with Crippen LogP contribution in [0, 0.1) is 5.92 Å². The molecule has 2 heteroatoms. The monoisotopic (exact) mass is 258 g/mol. The zero-order valence-corrected chi connectivity index (χ0v) is 12.2. The summed E-state index contributed by atoms with van der Waals surface area (Å²) in [5, 5.41) is 3.73. The maximum absolute atomic E-state index is 3.73. The molecule has 0 radical (unpaired) electrons. The van der Waals surface area contributed by atoms with Crippen LogP contribution < -0.4 is 5.32 Å². The van der Waals surface area contributed by atoms with Crippen LogP contribution in [-0.2, 0) is 6.42 Å². The minimum Gasteiger partial charge on any atom is -0.314 e. The first kappa shape index (κ1) is 13.1. The number of nitrogens with zero attached hydrogens (tertiary/aromatic N) is 1. The lowest BCUT2D eigenvalue weighted by Crippen LogP contribution is -2.30. The van der Waals surface area contributed by atoms with Crippen LogP contribution >= 0.6 is 0 Å². The smallest absolute Gasteiger partial charge is 0.0388 e. The maximum Gasteiger partial charge on any atom is 0.0388 e. The standard InChI is InChI=1S/C17H26N2/c1-3-13-6-4-5-7-16(13)17-14(10-11-19(17)2)12-18-15-8-9-15/h4-7,14-15,17-18H,3,8-12H2,1-2H3. The third-order valence-corrected chi connectivity index (χ3v) is 4.77. The Morgan fingerprint density at radius 2 is 2.00 bits per heavy atom. The zero-order chi connectivity index (χ0) is 13.2. The first-order chi connectivity index (χ1) is 9.29. The largest absolute Gasteiger partial charge is 0.314 e. The molecule has 0 spiro atoms. The summed E-state index contributed by atoms with van der Waals surface area (Å²) in [4.78, 5) is 2.55. The van der Waals surface area contributed by atoms with Crippen molar-refractivity contribution in [3.8, 4) is 0 Å². The molecule has 1 heterocycles. The van der Waals surface area contributed by atoms with Gasteiger partial charge in [0.1, 0.15) is 0 Å². The van der Waals surface area contributed by atoms with E-state index in [4.69, 9.17) is 0 Å². The topological polar surface area (TPSA) is 15.3 Å². The van der Waals surface area contributed by atoms with Gasteiger partial charge in [0.2, 0.25) is 0 Å². The molecule has 2 nitrogen and oxygen atoms in total. The summed E-state index contributed by atoms with van der Waals surface area (Å²) < 4.78 is 0. The van der Waals surface area contributed by atoms with Crippen LogP contribution in [0.25, 0.3) is 0 Å². The van der Waals surface area contributed by atoms with Crippen LogP contribution in [0.5, 0.6) is 0 Å². The van der Waals surface area contributed by atoms with Gasteiger partial charge in [-0.3, -0.25) is 4.90 Å². The average molecular weight is 258 g/mol. The van der Waals surface area contributed by atoms with Crippen molar-refractivity contribution in [2.45, 2.75) is 44.7 Å². The summed E-state index contributed by atoms with van der Waals surface area (Å²) in [6.07, 6.45) is 5.25. The predicted molar refractivity (Wildman–Crippen MR) is 80.3 cm³/mol. The Morgan fingerprint density at radius 1 is 1.21 bits per heavy atom. The van der Waals surface area contributed by atoms with Crippen LogP contribution in [0.3, 0.4) is 0 Å². The summed E-state index contributed by atoms with van der Waals surface area (Å²) >= 11 is 0. The molecule has 1 saturated heterocycles. The van der Waals surface area contributed by atoms with Gasteiger partial charge in [0.15, 0.2) is 0 Å². The van der Waals surface area contributed by atoms with E-state index in [0.29, 0.717) is 6.04 Å². The summed E-state index contributed by atoms with van der Waals surface area (Å²) in [7, 11) is 2.29. The van der Waals surface area contributed by atoms with Crippen LogP contribution in [0.2, 0.25) is 0 Å². The molecule has 3 rings (SSSR count). The van der Waals surface area contributed by atoms with E-state index in [0.717, 1.165) is 18.4 Å². The van der Waals surface area contributed by atoms with Crippen LogP contribution in [-0.4, -0.2) is 31.1 Å². The first-order valence-corrected chi connectivity index (χ1v) is 7.81. The minimum atomic E-state index is 0.613. The zero-order valence-electron chi connectivity index (χ0n) is 12.2. The Bertz CT molecular complexity index is 425. The van der Waals surface area contributed by atoms with Crippen molar-refractivity contribution in [3.63, 3.8) is 0 Å². The third kappa shape index (κ3) is 2.85. The molecule has 2 aliphatic rings. The molecule has 1 aromatic carbocycles. The van der Waals surface area contributed by atoms with Gasteiger partial charge in [-0.2, -0.15) is 0 Å². The van der Waals surface area contributed by atoms with Gasteiger partial charge in [0, 0.05) is 18.6 Å². The van der Waals surface area contributed by atoms with Crippen molar-refractivity contribution < 1.29 is 0 Å². The summed E-state index contributed by atoms with van der Waals surface area (Å²) in [5.74, 6) is 0.776. The van der Waals surface area contributed by atoms with E-state index < -0.39 is 0 Å². The maximum atomic E-state index is 3.73. The quantitative estimate of drug-likeness (QED) is 0.873. The molecule has 1 saturated carbocycles. The Labute approximate surface area is 117 Å². The van der Waals surface area contributed by atoms with Crippen molar-refractivity contribution in [2.24, 2.45) is 5.92 Å². The second kappa shape index (κ2) is 5.64. The highest BCUT2D eigenvalue weighted by Gasteiger charge is 2.34. The molecule has 104 valence electrons.